The van der Waals surface area contributed by atoms with Crippen LogP contribution >= 0.6 is 15.9 Å². The Kier molecular flexibility index (Phi) is 5.77. The van der Waals surface area contributed by atoms with E-state index in [4.69, 9.17) is 9.15 Å². The largest absolute Gasteiger partial charge is 0.497 e. The lowest BCUT2D eigenvalue weighted by molar-refractivity contribution is -0.116. The van der Waals surface area contributed by atoms with Crippen LogP contribution in [0.3, 0.4) is 0 Å². The summed E-state index contributed by atoms with van der Waals surface area (Å²) in [7, 11) is 1.58. The summed E-state index contributed by atoms with van der Waals surface area (Å²) >= 11 is 3.42. The maximum atomic E-state index is 12.7. The minimum atomic E-state index is -0.382. The Morgan fingerprint density at radius 3 is 2.65 bits per heavy atom. The molecule has 0 fully saturated rings. The van der Waals surface area contributed by atoms with Crippen LogP contribution in [-0.4, -0.2) is 28.7 Å². The number of methoxy groups -OCH3 is 1. The van der Waals surface area contributed by atoms with Crippen LogP contribution in [0.5, 0.6) is 5.75 Å². The normalized spacial score (nSPS) is 10.8. The molecule has 2 heterocycles. The van der Waals surface area contributed by atoms with Gasteiger partial charge in [-0.3, -0.25) is 14.3 Å². The maximum absolute atomic E-state index is 12.7. The van der Waals surface area contributed by atoms with Gasteiger partial charge < -0.3 is 19.8 Å². The van der Waals surface area contributed by atoms with E-state index in [-0.39, 0.29) is 24.1 Å². The van der Waals surface area contributed by atoms with Crippen LogP contribution in [0.4, 0.5) is 11.4 Å². The number of furan rings is 1. The number of hydrogen-bond acceptors (Lipinski definition) is 5. The lowest BCUT2D eigenvalue weighted by Crippen LogP contribution is -2.19. The van der Waals surface area contributed by atoms with Gasteiger partial charge in [0.1, 0.15) is 17.9 Å². The van der Waals surface area contributed by atoms with Crippen LogP contribution in [0.25, 0.3) is 11.0 Å². The number of amides is 2. The molecule has 4 aromatic rings. The standard InChI is InChI=1S/C22H19BrN4O4/c1-13-18-9-14(23)3-8-19(18)31-21(13)22(29)26-16-10-24-27(11-16)12-20(28)25-15-4-6-17(30-2)7-5-15/h3-11H,12H2,1-2H3,(H,25,28)(H,26,29). The molecule has 0 atom stereocenters. The quantitative estimate of drug-likeness (QED) is 0.418. The number of rotatable bonds is 6. The zero-order valence-corrected chi connectivity index (χ0v) is 18.4. The van der Waals surface area contributed by atoms with Crippen molar-refractivity contribution in [2.75, 3.05) is 17.7 Å². The number of anilines is 2. The molecule has 158 valence electrons. The number of hydrogen-bond donors (Lipinski definition) is 2. The molecule has 0 aliphatic rings. The highest BCUT2D eigenvalue weighted by Gasteiger charge is 2.18. The highest BCUT2D eigenvalue weighted by Crippen LogP contribution is 2.28. The Balaban J connectivity index is 1.40. The van der Waals surface area contributed by atoms with E-state index in [1.165, 1.54) is 10.9 Å². The number of benzene rings is 2. The molecule has 0 aliphatic heterocycles. The Hall–Kier alpha value is -3.59. The molecule has 8 nitrogen and oxygen atoms in total. The smallest absolute Gasteiger partial charge is 0.291 e. The van der Waals surface area contributed by atoms with Gasteiger partial charge in [-0.25, -0.2) is 0 Å². The molecule has 0 aliphatic carbocycles. The summed E-state index contributed by atoms with van der Waals surface area (Å²) in [5.74, 6) is 0.313. The number of ether oxygens (including phenoxy) is 1. The first-order chi connectivity index (χ1) is 14.9. The number of aryl methyl sites for hydroxylation is 1. The molecular weight excluding hydrogens is 464 g/mol. The third-order valence-corrected chi connectivity index (χ3v) is 5.17. The number of fused-ring (bicyclic) bond motifs is 1. The van der Waals surface area contributed by atoms with Crippen LogP contribution in [-0.2, 0) is 11.3 Å². The zero-order chi connectivity index (χ0) is 22.0. The monoisotopic (exact) mass is 482 g/mol. The Labute approximate surface area is 186 Å². The van der Waals surface area contributed by atoms with E-state index in [0.29, 0.717) is 22.7 Å². The number of aromatic nitrogens is 2. The molecule has 0 spiro atoms. The molecule has 2 aromatic carbocycles. The SMILES string of the molecule is COc1ccc(NC(=O)Cn2cc(NC(=O)c3oc4ccc(Br)cc4c3C)cn2)cc1. The van der Waals surface area contributed by atoms with Crippen LogP contribution in [0.1, 0.15) is 16.1 Å². The van der Waals surface area contributed by atoms with Gasteiger partial charge in [0.25, 0.3) is 5.91 Å². The predicted octanol–water partition coefficient (Wildman–Crippen LogP) is 4.60. The van der Waals surface area contributed by atoms with Gasteiger partial charge >= 0.3 is 0 Å². The van der Waals surface area contributed by atoms with Crippen molar-refractivity contribution in [2.24, 2.45) is 0 Å². The minimum Gasteiger partial charge on any atom is -0.497 e. The van der Waals surface area contributed by atoms with Gasteiger partial charge in [0, 0.05) is 27.3 Å². The summed E-state index contributed by atoms with van der Waals surface area (Å²) in [5.41, 5.74) is 2.50. The fraction of sp³-hybridized carbons (Fsp3) is 0.136. The second kappa shape index (κ2) is 8.65. The van der Waals surface area contributed by atoms with Gasteiger partial charge in [0.15, 0.2) is 5.76 Å². The van der Waals surface area contributed by atoms with Crippen LogP contribution < -0.4 is 15.4 Å². The Bertz CT molecular complexity index is 1260. The first-order valence-corrected chi connectivity index (χ1v) is 10.2. The summed E-state index contributed by atoms with van der Waals surface area (Å²) in [6, 6.07) is 12.6. The molecule has 4 rings (SSSR count). The summed E-state index contributed by atoms with van der Waals surface area (Å²) in [4.78, 5) is 24.9. The van der Waals surface area contributed by atoms with Crippen molar-refractivity contribution in [1.29, 1.82) is 0 Å². The van der Waals surface area contributed by atoms with E-state index < -0.39 is 0 Å². The molecule has 31 heavy (non-hydrogen) atoms. The predicted molar refractivity (Wildman–Crippen MR) is 120 cm³/mol. The molecule has 9 heteroatoms. The van der Waals surface area contributed by atoms with E-state index in [2.05, 4.69) is 31.7 Å². The van der Waals surface area contributed by atoms with Gasteiger partial charge in [-0.2, -0.15) is 5.10 Å². The van der Waals surface area contributed by atoms with Crippen molar-refractivity contribution in [3.63, 3.8) is 0 Å². The topological polar surface area (TPSA) is 98.4 Å². The Morgan fingerprint density at radius 1 is 1.13 bits per heavy atom. The van der Waals surface area contributed by atoms with E-state index in [0.717, 1.165) is 15.4 Å². The average molecular weight is 483 g/mol. The van der Waals surface area contributed by atoms with Gasteiger partial charge in [-0.1, -0.05) is 15.9 Å². The number of halogens is 1. The average Bonchev–Trinajstić information content (AvgIpc) is 3.32. The molecule has 0 radical (unpaired) electrons. The highest BCUT2D eigenvalue weighted by molar-refractivity contribution is 9.10. The molecule has 2 amide bonds. The molecule has 0 unspecified atom stereocenters. The summed E-state index contributed by atoms with van der Waals surface area (Å²) in [6.07, 6.45) is 3.06. The second-order valence-corrected chi connectivity index (χ2v) is 7.77. The van der Waals surface area contributed by atoms with Gasteiger partial charge in [-0.15, -0.1) is 0 Å². The number of carbonyl (C=O) groups is 2. The molecule has 2 N–H and O–H groups in total. The molecule has 2 aromatic heterocycles. The first kappa shape index (κ1) is 20.7. The van der Waals surface area contributed by atoms with Gasteiger partial charge in [0.05, 0.1) is 19.0 Å². The molecule has 0 saturated carbocycles. The zero-order valence-electron chi connectivity index (χ0n) is 16.8. The van der Waals surface area contributed by atoms with Crippen LogP contribution in [0.2, 0.25) is 0 Å². The highest BCUT2D eigenvalue weighted by atomic mass is 79.9. The lowest BCUT2D eigenvalue weighted by atomic mass is 10.1. The third kappa shape index (κ3) is 4.61. The molecule has 0 bridgehead atoms. The van der Waals surface area contributed by atoms with E-state index >= 15 is 0 Å². The van der Waals surface area contributed by atoms with Crippen molar-refractivity contribution in [3.05, 3.63) is 70.7 Å². The maximum Gasteiger partial charge on any atom is 0.291 e. The second-order valence-electron chi connectivity index (χ2n) is 6.85. The fourth-order valence-corrected chi connectivity index (χ4v) is 3.50. The van der Waals surface area contributed by atoms with E-state index in [1.807, 2.05) is 25.1 Å². The number of nitrogens with one attached hydrogen (secondary N) is 2. The van der Waals surface area contributed by atoms with Crippen LogP contribution in [0, 0.1) is 6.92 Å². The summed E-state index contributed by atoms with van der Waals surface area (Å²) < 4.78 is 13.2. The van der Waals surface area contributed by atoms with Crippen molar-refractivity contribution in [3.8, 4) is 5.75 Å². The summed E-state index contributed by atoms with van der Waals surface area (Å²) in [5, 5.41) is 10.5. The van der Waals surface area contributed by atoms with E-state index in [9.17, 15) is 9.59 Å². The van der Waals surface area contributed by atoms with E-state index in [1.54, 1.807) is 37.6 Å². The van der Waals surface area contributed by atoms with Crippen molar-refractivity contribution < 1.29 is 18.7 Å². The molecule has 0 saturated heterocycles. The Morgan fingerprint density at radius 2 is 1.90 bits per heavy atom. The van der Waals surface area contributed by atoms with Crippen molar-refractivity contribution >= 4 is 50.1 Å². The fourth-order valence-electron chi connectivity index (χ4n) is 3.13. The van der Waals surface area contributed by atoms with Gasteiger partial charge in [-0.05, 0) is 49.4 Å². The van der Waals surface area contributed by atoms with Crippen molar-refractivity contribution in [2.45, 2.75) is 13.5 Å². The summed E-state index contributed by atoms with van der Waals surface area (Å²) in [6.45, 7) is 1.83. The first-order valence-electron chi connectivity index (χ1n) is 9.39. The third-order valence-electron chi connectivity index (χ3n) is 4.67. The number of nitrogens with zero attached hydrogens (tertiary/aromatic N) is 2. The van der Waals surface area contributed by atoms with Gasteiger partial charge in [0.2, 0.25) is 5.91 Å². The molecular formula is C22H19BrN4O4. The van der Waals surface area contributed by atoms with Crippen LogP contribution in [0.15, 0.2) is 63.7 Å². The lowest BCUT2D eigenvalue weighted by Gasteiger charge is -2.06. The minimum absolute atomic E-state index is 0.000405. The number of carbonyl (C=O) groups excluding carboxylic acids is 2. The van der Waals surface area contributed by atoms with Crippen molar-refractivity contribution in [1.82, 2.24) is 9.78 Å².